The molecule has 0 bridgehead atoms. The van der Waals surface area contributed by atoms with Crippen LogP contribution >= 0.6 is 0 Å². The van der Waals surface area contributed by atoms with E-state index < -0.39 is 15.8 Å². The van der Waals surface area contributed by atoms with Crippen molar-refractivity contribution in [1.29, 1.82) is 0 Å². The molecule has 0 radical (unpaired) electrons. The molecule has 0 saturated carbocycles. The maximum atomic E-state index is 13.0. The number of hydrogen-bond acceptors (Lipinski definition) is 4. The van der Waals surface area contributed by atoms with Crippen LogP contribution in [0.2, 0.25) is 0 Å². The lowest BCUT2D eigenvalue weighted by Crippen LogP contribution is -2.42. The number of amides is 2. The highest BCUT2D eigenvalue weighted by Crippen LogP contribution is 2.20. The number of halogens is 1. The second-order valence-corrected chi connectivity index (χ2v) is 8.38. The van der Waals surface area contributed by atoms with Gasteiger partial charge in [0.15, 0.2) is 0 Å². The summed E-state index contributed by atoms with van der Waals surface area (Å²) < 4.78 is 38.2. The van der Waals surface area contributed by atoms with Crippen LogP contribution in [0.5, 0.6) is 0 Å². The van der Waals surface area contributed by atoms with Crippen molar-refractivity contribution in [2.24, 2.45) is 11.7 Å². The lowest BCUT2D eigenvalue weighted by molar-refractivity contribution is -0.134. The van der Waals surface area contributed by atoms with E-state index >= 15 is 0 Å². The summed E-state index contributed by atoms with van der Waals surface area (Å²) in [6.45, 7) is 1.11. The van der Waals surface area contributed by atoms with Gasteiger partial charge < -0.3 is 10.6 Å². The number of primary amides is 1. The summed E-state index contributed by atoms with van der Waals surface area (Å²) in [6, 6.07) is 5.18. The summed E-state index contributed by atoms with van der Waals surface area (Å²) in [6.07, 6.45) is 2.75. The topological polar surface area (TPSA) is 101 Å². The van der Waals surface area contributed by atoms with E-state index in [1.165, 1.54) is 28.6 Å². The monoisotopic (exact) mass is 385 g/mol. The van der Waals surface area contributed by atoms with Crippen LogP contribution in [-0.2, 0) is 19.6 Å². The van der Waals surface area contributed by atoms with E-state index in [-0.39, 0.29) is 30.7 Å². The van der Waals surface area contributed by atoms with Crippen molar-refractivity contribution in [1.82, 2.24) is 4.90 Å². The Balaban J connectivity index is 1.89. The zero-order valence-electron chi connectivity index (χ0n) is 14.7. The first-order chi connectivity index (χ1) is 12.2. The van der Waals surface area contributed by atoms with E-state index in [2.05, 4.69) is 0 Å². The molecular formula is C17H24FN3O4S. The molecule has 2 N–H and O–H groups in total. The number of rotatable bonds is 7. The van der Waals surface area contributed by atoms with E-state index in [4.69, 9.17) is 5.73 Å². The zero-order valence-corrected chi connectivity index (χ0v) is 15.5. The molecule has 1 aromatic rings. The number of hydrogen-bond donors (Lipinski definition) is 1. The molecule has 1 aromatic carbocycles. The number of nitrogens with zero attached hydrogens (tertiary/aromatic N) is 2. The second-order valence-electron chi connectivity index (χ2n) is 6.47. The van der Waals surface area contributed by atoms with E-state index in [9.17, 15) is 22.4 Å². The van der Waals surface area contributed by atoms with Crippen LogP contribution in [0, 0.1) is 11.7 Å². The summed E-state index contributed by atoms with van der Waals surface area (Å²) >= 11 is 0. The molecule has 0 aliphatic carbocycles. The average molecular weight is 385 g/mol. The van der Waals surface area contributed by atoms with Gasteiger partial charge in [-0.15, -0.1) is 0 Å². The number of piperidine rings is 1. The maximum absolute atomic E-state index is 13.0. The molecule has 0 spiro atoms. The summed E-state index contributed by atoms with van der Waals surface area (Å²) in [5.41, 5.74) is 5.64. The Labute approximate surface area is 153 Å². The van der Waals surface area contributed by atoms with Crippen LogP contribution in [0.15, 0.2) is 24.3 Å². The number of carbonyl (C=O) groups excluding carboxylic acids is 2. The molecule has 2 amide bonds. The third-order valence-electron chi connectivity index (χ3n) is 4.52. The molecule has 2 rings (SSSR count). The highest BCUT2D eigenvalue weighted by atomic mass is 32.2. The fourth-order valence-electron chi connectivity index (χ4n) is 3.04. The van der Waals surface area contributed by atoms with Gasteiger partial charge in [0.25, 0.3) is 0 Å². The number of benzene rings is 1. The summed E-state index contributed by atoms with van der Waals surface area (Å²) in [4.78, 5) is 25.1. The van der Waals surface area contributed by atoms with Crippen molar-refractivity contribution >= 4 is 27.5 Å². The van der Waals surface area contributed by atoms with Gasteiger partial charge in [0.05, 0.1) is 11.9 Å². The predicted octanol–water partition coefficient (Wildman–Crippen LogP) is 1.10. The van der Waals surface area contributed by atoms with Gasteiger partial charge in [0, 0.05) is 32.0 Å². The molecular weight excluding hydrogens is 361 g/mol. The molecule has 0 atom stereocenters. The number of nitrogens with two attached hydrogens (primary N) is 1. The van der Waals surface area contributed by atoms with Gasteiger partial charge in [0.1, 0.15) is 5.82 Å². The van der Waals surface area contributed by atoms with Gasteiger partial charge in [-0.1, -0.05) is 0 Å². The Bertz CT molecular complexity index is 744. The number of carbonyl (C=O) groups is 2. The minimum atomic E-state index is -3.54. The van der Waals surface area contributed by atoms with Crippen LogP contribution in [0.4, 0.5) is 10.1 Å². The molecule has 1 heterocycles. The van der Waals surface area contributed by atoms with Gasteiger partial charge in [-0.2, -0.15) is 0 Å². The summed E-state index contributed by atoms with van der Waals surface area (Å²) in [5, 5.41) is 0. The van der Waals surface area contributed by atoms with Crippen LogP contribution in [0.1, 0.15) is 25.7 Å². The second kappa shape index (κ2) is 8.48. The lowest BCUT2D eigenvalue weighted by atomic mass is 9.96. The van der Waals surface area contributed by atoms with Crippen LogP contribution < -0.4 is 10.0 Å². The molecule has 9 heteroatoms. The fraction of sp³-hybridized carbons (Fsp3) is 0.529. The summed E-state index contributed by atoms with van der Waals surface area (Å²) in [7, 11) is -3.54. The molecule has 7 nitrogen and oxygen atoms in total. The number of sulfonamides is 1. The first kappa shape index (κ1) is 20.2. The van der Waals surface area contributed by atoms with Crippen LogP contribution in [0.25, 0.3) is 0 Å². The average Bonchev–Trinajstić information content (AvgIpc) is 2.58. The Morgan fingerprint density at radius 2 is 1.81 bits per heavy atom. The standard InChI is InChI=1S/C17H24FN3O4S/c1-26(24,25)21(15-6-4-14(18)5-7-15)10-2-3-16(22)20-11-8-13(9-12-20)17(19)23/h4-7,13H,2-3,8-12H2,1H3,(H2,19,23). The smallest absolute Gasteiger partial charge is 0.232 e. The highest BCUT2D eigenvalue weighted by Gasteiger charge is 2.26. The Morgan fingerprint density at radius 1 is 1.23 bits per heavy atom. The molecule has 1 saturated heterocycles. The van der Waals surface area contributed by atoms with Gasteiger partial charge in [-0.3, -0.25) is 13.9 Å². The number of anilines is 1. The molecule has 1 aliphatic heterocycles. The zero-order chi connectivity index (χ0) is 19.3. The van der Waals surface area contributed by atoms with Gasteiger partial charge in [0.2, 0.25) is 21.8 Å². The normalized spacial score (nSPS) is 15.7. The van der Waals surface area contributed by atoms with Crippen molar-refractivity contribution in [3.05, 3.63) is 30.1 Å². The molecule has 1 fully saturated rings. The largest absolute Gasteiger partial charge is 0.369 e. The van der Waals surface area contributed by atoms with E-state index in [0.29, 0.717) is 38.0 Å². The minimum absolute atomic E-state index is 0.0690. The fourth-order valence-corrected chi connectivity index (χ4v) is 4.00. The SMILES string of the molecule is CS(=O)(=O)N(CCCC(=O)N1CCC(C(N)=O)CC1)c1ccc(F)cc1. The summed E-state index contributed by atoms with van der Waals surface area (Å²) in [5.74, 6) is -1.03. The molecule has 0 unspecified atom stereocenters. The van der Waals surface area contributed by atoms with Crippen LogP contribution in [-0.4, -0.2) is 51.0 Å². The van der Waals surface area contributed by atoms with Crippen LogP contribution in [0.3, 0.4) is 0 Å². The predicted molar refractivity (Wildman–Crippen MR) is 96.3 cm³/mol. The highest BCUT2D eigenvalue weighted by molar-refractivity contribution is 7.92. The van der Waals surface area contributed by atoms with Gasteiger partial charge in [-0.25, -0.2) is 12.8 Å². The maximum Gasteiger partial charge on any atom is 0.232 e. The first-order valence-corrected chi connectivity index (χ1v) is 10.3. The Kier molecular flexibility index (Phi) is 6.57. The third-order valence-corrected chi connectivity index (χ3v) is 5.71. The van der Waals surface area contributed by atoms with E-state index in [1.54, 1.807) is 4.90 Å². The molecule has 144 valence electrons. The molecule has 0 aromatic heterocycles. The van der Waals surface area contributed by atoms with Gasteiger partial charge in [-0.05, 0) is 43.5 Å². The first-order valence-electron chi connectivity index (χ1n) is 8.49. The quantitative estimate of drug-likeness (QED) is 0.759. The lowest BCUT2D eigenvalue weighted by Gasteiger charge is -2.31. The van der Waals surface area contributed by atoms with Crippen molar-refractivity contribution in [3.8, 4) is 0 Å². The van der Waals surface area contributed by atoms with E-state index in [0.717, 1.165) is 6.26 Å². The number of likely N-dealkylation sites (tertiary alicyclic amines) is 1. The minimum Gasteiger partial charge on any atom is -0.369 e. The van der Waals surface area contributed by atoms with Crippen molar-refractivity contribution < 1.29 is 22.4 Å². The van der Waals surface area contributed by atoms with E-state index in [1.807, 2.05) is 0 Å². The van der Waals surface area contributed by atoms with Crippen molar-refractivity contribution in [2.45, 2.75) is 25.7 Å². The molecule has 1 aliphatic rings. The Morgan fingerprint density at radius 3 is 2.31 bits per heavy atom. The van der Waals surface area contributed by atoms with Crippen molar-refractivity contribution in [2.75, 3.05) is 30.2 Å². The van der Waals surface area contributed by atoms with Crippen molar-refractivity contribution in [3.63, 3.8) is 0 Å². The van der Waals surface area contributed by atoms with Gasteiger partial charge >= 0.3 is 0 Å². The Hall–Kier alpha value is -2.16. The molecule has 26 heavy (non-hydrogen) atoms. The third kappa shape index (κ3) is 5.42.